The second-order valence-electron chi connectivity index (χ2n) is 7.78. The van der Waals surface area contributed by atoms with Gasteiger partial charge in [-0.25, -0.2) is 4.79 Å². The maximum absolute atomic E-state index is 11.8. The minimum Gasteiger partial charge on any atom is -0.497 e. The fraction of sp³-hybridized carbons (Fsp3) is 0.360. The Morgan fingerprint density at radius 1 is 0.941 bits per heavy atom. The van der Waals surface area contributed by atoms with E-state index >= 15 is 0 Å². The standard InChI is InChI=1S/C25H32N2O6.ClH/c1-17(2)13-23(26)24(28)27-11-12-32-25(29)33-20-9-7-18(8-10-20)5-6-19-14-21(30-3)16-22(15-19)31-4;/h5-10,14-17,23H,11-13,26H2,1-4H3,(H,27,28);1H. The molecule has 1 amide bonds. The molecule has 2 aromatic rings. The molecule has 0 saturated heterocycles. The molecule has 2 rings (SSSR count). The first-order valence-electron chi connectivity index (χ1n) is 10.7. The molecule has 0 spiro atoms. The highest BCUT2D eigenvalue weighted by Gasteiger charge is 2.14. The van der Waals surface area contributed by atoms with E-state index in [0.29, 0.717) is 29.6 Å². The summed E-state index contributed by atoms with van der Waals surface area (Å²) >= 11 is 0. The van der Waals surface area contributed by atoms with Crippen LogP contribution in [-0.4, -0.2) is 45.5 Å². The van der Waals surface area contributed by atoms with Gasteiger partial charge < -0.3 is 30.0 Å². The highest BCUT2D eigenvalue weighted by atomic mass is 35.5. The third-order valence-electron chi connectivity index (χ3n) is 4.61. The van der Waals surface area contributed by atoms with Crippen molar-refractivity contribution < 1.29 is 28.5 Å². The average Bonchev–Trinajstić information content (AvgIpc) is 2.80. The van der Waals surface area contributed by atoms with E-state index in [9.17, 15) is 9.59 Å². The van der Waals surface area contributed by atoms with Gasteiger partial charge >= 0.3 is 6.16 Å². The Balaban J connectivity index is 0.00000578. The van der Waals surface area contributed by atoms with E-state index in [1.165, 1.54) is 0 Å². The van der Waals surface area contributed by atoms with Gasteiger partial charge in [-0.05, 0) is 47.7 Å². The first-order valence-corrected chi connectivity index (χ1v) is 10.7. The summed E-state index contributed by atoms with van der Waals surface area (Å²) in [6, 6.07) is 12.0. The molecule has 3 N–H and O–H groups in total. The summed E-state index contributed by atoms with van der Waals surface area (Å²) in [5, 5.41) is 2.64. The van der Waals surface area contributed by atoms with Crippen LogP contribution in [0.25, 0.3) is 12.2 Å². The first kappa shape index (κ1) is 28.8. The molecule has 0 fully saturated rings. The molecule has 0 radical (unpaired) electrons. The largest absolute Gasteiger partial charge is 0.513 e. The molecule has 186 valence electrons. The zero-order valence-corrected chi connectivity index (χ0v) is 20.7. The number of benzene rings is 2. The van der Waals surface area contributed by atoms with Gasteiger partial charge in [0.25, 0.3) is 0 Å². The molecule has 0 aliphatic carbocycles. The number of hydrogen-bond acceptors (Lipinski definition) is 7. The Kier molecular flexibility index (Phi) is 12.6. The molecule has 9 heteroatoms. The number of rotatable bonds is 11. The highest BCUT2D eigenvalue weighted by molar-refractivity contribution is 5.85. The van der Waals surface area contributed by atoms with E-state index in [2.05, 4.69) is 5.32 Å². The van der Waals surface area contributed by atoms with Crippen molar-refractivity contribution in [3.63, 3.8) is 0 Å². The van der Waals surface area contributed by atoms with Crippen molar-refractivity contribution in [3.8, 4) is 17.2 Å². The minimum atomic E-state index is -0.845. The molecule has 0 heterocycles. The molecule has 1 unspecified atom stereocenters. The molecule has 0 bridgehead atoms. The fourth-order valence-corrected chi connectivity index (χ4v) is 2.95. The summed E-state index contributed by atoms with van der Waals surface area (Å²) in [5.41, 5.74) is 7.63. The third kappa shape index (κ3) is 10.1. The van der Waals surface area contributed by atoms with Gasteiger partial charge in [-0.1, -0.05) is 38.1 Å². The number of halogens is 1. The lowest BCUT2D eigenvalue weighted by Crippen LogP contribution is -2.42. The van der Waals surface area contributed by atoms with Gasteiger partial charge in [0.2, 0.25) is 5.91 Å². The molecule has 2 aromatic carbocycles. The Bertz CT molecular complexity index is 925. The van der Waals surface area contributed by atoms with Crippen molar-refractivity contribution in [1.29, 1.82) is 0 Å². The van der Waals surface area contributed by atoms with E-state index < -0.39 is 12.2 Å². The normalized spacial score (nSPS) is 11.5. The lowest BCUT2D eigenvalue weighted by Gasteiger charge is -2.14. The Hall–Kier alpha value is -3.23. The molecule has 8 nitrogen and oxygen atoms in total. The van der Waals surface area contributed by atoms with E-state index in [4.69, 9.17) is 24.7 Å². The van der Waals surface area contributed by atoms with Crippen LogP contribution in [0.2, 0.25) is 0 Å². The van der Waals surface area contributed by atoms with Gasteiger partial charge in [0, 0.05) is 6.07 Å². The van der Waals surface area contributed by atoms with Gasteiger partial charge in [-0.15, -0.1) is 12.4 Å². The predicted molar refractivity (Wildman–Crippen MR) is 135 cm³/mol. The molecule has 0 saturated carbocycles. The highest BCUT2D eigenvalue weighted by Crippen LogP contribution is 2.24. The monoisotopic (exact) mass is 492 g/mol. The summed E-state index contributed by atoms with van der Waals surface area (Å²) < 4.78 is 20.7. The van der Waals surface area contributed by atoms with E-state index in [1.807, 2.05) is 50.3 Å². The van der Waals surface area contributed by atoms with Crippen LogP contribution in [0.1, 0.15) is 31.4 Å². The van der Waals surface area contributed by atoms with Gasteiger partial charge in [-0.2, -0.15) is 0 Å². The van der Waals surface area contributed by atoms with Crippen LogP contribution in [0, 0.1) is 5.92 Å². The number of amides is 1. The third-order valence-corrected chi connectivity index (χ3v) is 4.61. The Labute approximate surface area is 206 Å². The van der Waals surface area contributed by atoms with E-state index in [0.717, 1.165) is 11.1 Å². The number of hydrogen-bond donors (Lipinski definition) is 2. The molecule has 0 aliphatic heterocycles. The van der Waals surface area contributed by atoms with Crippen molar-refractivity contribution in [1.82, 2.24) is 5.32 Å². The van der Waals surface area contributed by atoms with Crippen molar-refractivity contribution in [2.75, 3.05) is 27.4 Å². The van der Waals surface area contributed by atoms with Crippen LogP contribution in [0.4, 0.5) is 4.79 Å². The number of nitrogens with one attached hydrogen (secondary N) is 1. The van der Waals surface area contributed by atoms with Crippen LogP contribution in [0.3, 0.4) is 0 Å². The molecular formula is C25H33ClN2O6. The number of carbonyl (C=O) groups excluding carboxylic acids is 2. The lowest BCUT2D eigenvalue weighted by atomic mass is 10.0. The summed E-state index contributed by atoms with van der Waals surface area (Å²) in [5.74, 6) is 1.81. The van der Waals surface area contributed by atoms with Gasteiger partial charge in [-0.3, -0.25) is 4.79 Å². The summed E-state index contributed by atoms with van der Waals surface area (Å²) in [6.07, 6.45) is 3.59. The summed E-state index contributed by atoms with van der Waals surface area (Å²) in [7, 11) is 3.21. The van der Waals surface area contributed by atoms with Gasteiger partial charge in [0.1, 0.15) is 23.9 Å². The number of ether oxygens (including phenoxy) is 4. The van der Waals surface area contributed by atoms with Crippen molar-refractivity contribution in [3.05, 3.63) is 53.6 Å². The SMILES string of the molecule is COc1cc(C=Cc2ccc(OC(=O)OCCNC(=O)C(N)CC(C)C)cc2)cc(OC)c1.Cl. The maximum Gasteiger partial charge on any atom is 0.513 e. The summed E-state index contributed by atoms with van der Waals surface area (Å²) in [4.78, 5) is 23.7. The predicted octanol–water partition coefficient (Wildman–Crippen LogP) is 4.30. The quantitative estimate of drug-likeness (QED) is 0.208. The van der Waals surface area contributed by atoms with Crippen molar-refractivity contribution in [2.24, 2.45) is 11.7 Å². The van der Waals surface area contributed by atoms with Crippen LogP contribution < -0.4 is 25.3 Å². The van der Waals surface area contributed by atoms with Crippen LogP contribution in [-0.2, 0) is 9.53 Å². The maximum atomic E-state index is 11.8. The molecular weight excluding hydrogens is 460 g/mol. The number of nitrogens with two attached hydrogens (primary N) is 1. The molecule has 0 aliphatic rings. The average molecular weight is 493 g/mol. The zero-order valence-electron chi connectivity index (χ0n) is 19.9. The topological polar surface area (TPSA) is 109 Å². The smallest absolute Gasteiger partial charge is 0.497 e. The summed E-state index contributed by atoms with van der Waals surface area (Å²) in [6.45, 7) is 4.14. The van der Waals surface area contributed by atoms with E-state index in [1.54, 1.807) is 32.4 Å². The van der Waals surface area contributed by atoms with Crippen molar-refractivity contribution >= 4 is 36.6 Å². The second kappa shape index (κ2) is 14.8. The van der Waals surface area contributed by atoms with Crippen molar-refractivity contribution in [2.45, 2.75) is 26.3 Å². The molecule has 0 aromatic heterocycles. The fourth-order valence-electron chi connectivity index (χ4n) is 2.95. The second-order valence-corrected chi connectivity index (χ2v) is 7.78. The van der Waals surface area contributed by atoms with Gasteiger partial charge in [0.15, 0.2) is 0 Å². The van der Waals surface area contributed by atoms with Crippen LogP contribution >= 0.6 is 12.4 Å². The lowest BCUT2D eigenvalue weighted by molar-refractivity contribution is -0.122. The Morgan fingerprint density at radius 3 is 2.09 bits per heavy atom. The van der Waals surface area contributed by atoms with Crippen LogP contribution in [0.15, 0.2) is 42.5 Å². The Morgan fingerprint density at radius 2 is 1.53 bits per heavy atom. The molecule has 34 heavy (non-hydrogen) atoms. The van der Waals surface area contributed by atoms with Gasteiger partial charge in [0.05, 0.1) is 26.8 Å². The minimum absolute atomic E-state index is 0. The number of methoxy groups -OCH3 is 2. The number of carbonyl (C=O) groups is 2. The van der Waals surface area contributed by atoms with E-state index in [-0.39, 0.29) is 31.5 Å². The molecule has 1 atom stereocenters. The van der Waals surface area contributed by atoms with Crippen LogP contribution in [0.5, 0.6) is 17.2 Å². The first-order chi connectivity index (χ1) is 15.8. The zero-order chi connectivity index (χ0) is 24.2.